The number of nitrogens with zero attached hydrogens (tertiary/aromatic N) is 2. The number of benzene rings is 2. The Labute approximate surface area is 195 Å². The fourth-order valence-electron chi connectivity index (χ4n) is 4.05. The molecule has 2 N–H and O–H groups in total. The maximum absolute atomic E-state index is 13.4. The predicted octanol–water partition coefficient (Wildman–Crippen LogP) is 2.52. The van der Waals surface area contributed by atoms with Gasteiger partial charge in [-0.25, -0.2) is 4.79 Å². The molecule has 0 radical (unpaired) electrons. The number of allylic oxidation sites excluding steroid dienone is 1. The molecular formula is C26H23N3O3S. The molecule has 1 aliphatic rings. The summed E-state index contributed by atoms with van der Waals surface area (Å²) < 4.78 is 7.44. The Balaban J connectivity index is 2.10. The van der Waals surface area contributed by atoms with Crippen LogP contribution in [-0.2, 0) is 9.53 Å². The SMILES string of the molecule is CCOC(=O)C1=c2s/c(=C/c3cccc(C)c3)c(=O)n2C(N)=C(C#N)C1c1cccc(C)c1. The van der Waals surface area contributed by atoms with Gasteiger partial charge in [0, 0.05) is 0 Å². The molecule has 0 saturated heterocycles. The summed E-state index contributed by atoms with van der Waals surface area (Å²) in [4.78, 5) is 26.5. The Bertz CT molecular complexity index is 1520. The number of hydrogen-bond acceptors (Lipinski definition) is 6. The highest BCUT2D eigenvalue weighted by molar-refractivity contribution is 7.07. The van der Waals surface area contributed by atoms with Crippen LogP contribution in [0, 0.1) is 25.2 Å². The van der Waals surface area contributed by atoms with Crippen molar-refractivity contribution >= 4 is 34.8 Å². The number of aryl methyl sites for hydroxylation is 2. The monoisotopic (exact) mass is 457 g/mol. The van der Waals surface area contributed by atoms with Crippen molar-refractivity contribution in [1.82, 2.24) is 4.57 Å². The van der Waals surface area contributed by atoms with Gasteiger partial charge in [-0.1, -0.05) is 59.7 Å². The van der Waals surface area contributed by atoms with Crippen molar-refractivity contribution in [2.24, 2.45) is 5.73 Å². The molecule has 2 aromatic carbocycles. The van der Waals surface area contributed by atoms with Crippen molar-refractivity contribution in [2.75, 3.05) is 6.61 Å². The molecule has 1 aromatic heterocycles. The number of aromatic nitrogens is 1. The van der Waals surface area contributed by atoms with E-state index in [0.717, 1.165) is 22.3 Å². The number of nitriles is 1. The average Bonchev–Trinajstić information content (AvgIpc) is 3.09. The van der Waals surface area contributed by atoms with Crippen LogP contribution in [0.25, 0.3) is 17.5 Å². The summed E-state index contributed by atoms with van der Waals surface area (Å²) in [5.74, 6) is -1.25. The van der Waals surface area contributed by atoms with Crippen LogP contribution in [0.15, 0.2) is 58.9 Å². The summed E-state index contributed by atoms with van der Waals surface area (Å²) in [6.07, 6.45) is 1.77. The lowest BCUT2D eigenvalue weighted by molar-refractivity contribution is -0.136. The number of carbonyl (C=O) groups excluding carboxylic acids is 1. The van der Waals surface area contributed by atoms with Gasteiger partial charge in [0.2, 0.25) is 0 Å². The average molecular weight is 458 g/mol. The standard InChI is InChI=1S/C26H23N3O3S/c1-4-32-26(31)22-21(18-10-6-8-16(3)12-18)19(14-27)23(28)29-24(30)20(33-25(22)29)13-17-9-5-7-15(2)11-17/h5-13,21H,4,28H2,1-3H3/b20-13+. The smallest absolute Gasteiger partial charge is 0.338 e. The molecule has 0 bridgehead atoms. The van der Waals surface area contributed by atoms with E-state index < -0.39 is 11.9 Å². The summed E-state index contributed by atoms with van der Waals surface area (Å²) in [5.41, 5.74) is 10.1. The second-order valence-electron chi connectivity index (χ2n) is 7.86. The second kappa shape index (κ2) is 8.93. The van der Waals surface area contributed by atoms with Crippen molar-refractivity contribution in [3.8, 4) is 6.07 Å². The molecule has 6 nitrogen and oxygen atoms in total. The van der Waals surface area contributed by atoms with Gasteiger partial charge in [0.25, 0.3) is 5.56 Å². The third-order valence-electron chi connectivity index (χ3n) is 5.48. The molecular weight excluding hydrogens is 434 g/mol. The van der Waals surface area contributed by atoms with E-state index in [4.69, 9.17) is 10.5 Å². The quantitative estimate of drug-likeness (QED) is 0.607. The number of ether oxygens (including phenoxy) is 1. The van der Waals surface area contributed by atoms with Crippen LogP contribution in [0.5, 0.6) is 0 Å². The van der Waals surface area contributed by atoms with Crippen molar-refractivity contribution < 1.29 is 9.53 Å². The molecule has 7 heteroatoms. The van der Waals surface area contributed by atoms with Gasteiger partial charge < -0.3 is 10.5 Å². The fourth-order valence-corrected chi connectivity index (χ4v) is 5.21. The van der Waals surface area contributed by atoms with Crippen LogP contribution in [0.2, 0.25) is 0 Å². The van der Waals surface area contributed by atoms with Gasteiger partial charge >= 0.3 is 5.97 Å². The first-order valence-electron chi connectivity index (χ1n) is 10.5. The molecule has 3 aromatic rings. The summed E-state index contributed by atoms with van der Waals surface area (Å²) in [5, 5.41) is 10.0. The topological polar surface area (TPSA) is 98.1 Å². The van der Waals surface area contributed by atoms with Crippen LogP contribution < -0.4 is 20.5 Å². The zero-order valence-corrected chi connectivity index (χ0v) is 19.4. The molecule has 0 fully saturated rings. The summed E-state index contributed by atoms with van der Waals surface area (Å²) >= 11 is 1.18. The predicted molar refractivity (Wildman–Crippen MR) is 130 cm³/mol. The minimum atomic E-state index is -0.723. The lowest BCUT2D eigenvalue weighted by atomic mass is 9.83. The molecule has 0 saturated carbocycles. The molecule has 0 spiro atoms. The van der Waals surface area contributed by atoms with Gasteiger partial charge in [-0.05, 0) is 38.0 Å². The Hall–Kier alpha value is -3.89. The van der Waals surface area contributed by atoms with Gasteiger partial charge in [0.05, 0.1) is 34.3 Å². The fraction of sp³-hybridized carbons (Fsp3) is 0.192. The molecule has 2 heterocycles. The summed E-state index contributed by atoms with van der Waals surface area (Å²) in [7, 11) is 0. The van der Waals surface area contributed by atoms with Crippen molar-refractivity contribution in [3.05, 3.63) is 95.9 Å². The van der Waals surface area contributed by atoms with Crippen LogP contribution in [0.4, 0.5) is 0 Å². The van der Waals surface area contributed by atoms with Gasteiger partial charge in [-0.2, -0.15) is 5.26 Å². The largest absolute Gasteiger partial charge is 0.463 e. The first-order chi connectivity index (χ1) is 15.8. The van der Waals surface area contributed by atoms with E-state index in [-0.39, 0.29) is 29.1 Å². The number of fused-ring (bicyclic) bond motifs is 1. The molecule has 33 heavy (non-hydrogen) atoms. The van der Waals surface area contributed by atoms with E-state index in [1.165, 1.54) is 15.9 Å². The maximum atomic E-state index is 13.4. The molecule has 0 aliphatic carbocycles. The molecule has 4 rings (SSSR count). The number of thiazole rings is 1. The van der Waals surface area contributed by atoms with Crippen LogP contribution in [0.1, 0.15) is 35.1 Å². The zero-order valence-electron chi connectivity index (χ0n) is 18.6. The number of nitrogens with two attached hydrogens (primary N) is 1. The van der Waals surface area contributed by atoms with E-state index >= 15 is 0 Å². The molecule has 1 aliphatic heterocycles. The van der Waals surface area contributed by atoms with Crippen LogP contribution in [0.3, 0.4) is 0 Å². The first-order valence-corrected chi connectivity index (χ1v) is 11.4. The van der Waals surface area contributed by atoms with E-state index in [0.29, 0.717) is 9.20 Å². The van der Waals surface area contributed by atoms with Gasteiger partial charge in [-0.3, -0.25) is 9.36 Å². The highest BCUT2D eigenvalue weighted by atomic mass is 32.1. The number of carbonyl (C=O) groups is 1. The van der Waals surface area contributed by atoms with E-state index in [1.54, 1.807) is 13.0 Å². The van der Waals surface area contributed by atoms with E-state index in [2.05, 4.69) is 6.07 Å². The number of esters is 1. The Morgan fingerprint density at radius 3 is 2.55 bits per heavy atom. The van der Waals surface area contributed by atoms with Crippen molar-refractivity contribution in [1.29, 1.82) is 5.26 Å². The van der Waals surface area contributed by atoms with Gasteiger partial charge in [0.1, 0.15) is 10.5 Å². The Kier molecular flexibility index (Phi) is 6.03. The van der Waals surface area contributed by atoms with Crippen LogP contribution >= 0.6 is 11.3 Å². The Morgan fingerprint density at radius 2 is 1.91 bits per heavy atom. The Morgan fingerprint density at radius 1 is 1.21 bits per heavy atom. The molecule has 1 unspecified atom stereocenters. The summed E-state index contributed by atoms with van der Waals surface area (Å²) in [6.45, 7) is 5.80. The van der Waals surface area contributed by atoms with Gasteiger partial charge in [-0.15, -0.1) is 11.3 Å². The number of rotatable bonds is 4. The van der Waals surface area contributed by atoms with E-state index in [1.807, 2.05) is 62.4 Å². The zero-order chi connectivity index (χ0) is 23.7. The third kappa shape index (κ3) is 4.01. The minimum Gasteiger partial charge on any atom is -0.463 e. The van der Waals surface area contributed by atoms with E-state index in [9.17, 15) is 14.9 Å². The number of hydrogen-bond donors (Lipinski definition) is 1. The molecule has 0 amide bonds. The summed E-state index contributed by atoms with van der Waals surface area (Å²) in [6, 6.07) is 17.5. The normalized spacial score (nSPS) is 15.9. The highest BCUT2D eigenvalue weighted by Crippen LogP contribution is 2.36. The van der Waals surface area contributed by atoms with Gasteiger partial charge in [0.15, 0.2) is 0 Å². The second-order valence-corrected chi connectivity index (χ2v) is 8.89. The van der Waals surface area contributed by atoms with Crippen molar-refractivity contribution in [2.45, 2.75) is 26.7 Å². The third-order valence-corrected chi connectivity index (χ3v) is 6.59. The molecule has 1 atom stereocenters. The first kappa shape index (κ1) is 22.3. The van der Waals surface area contributed by atoms with Crippen LogP contribution in [-0.4, -0.2) is 17.1 Å². The molecule has 166 valence electrons. The minimum absolute atomic E-state index is 0.0391. The lowest BCUT2D eigenvalue weighted by Gasteiger charge is -2.25. The maximum Gasteiger partial charge on any atom is 0.338 e. The lowest BCUT2D eigenvalue weighted by Crippen LogP contribution is -2.40. The highest BCUT2D eigenvalue weighted by Gasteiger charge is 2.36. The van der Waals surface area contributed by atoms with Crippen molar-refractivity contribution in [3.63, 3.8) is 0 Å².